The Hall–Kier alpha value is -1.06. The predicted molar refractivity (Wildman–Crippen MR) is 90.4 cm³/mol. The van der Waals surface area contributed by atoms with Crippen LogP contribution < -0.4 is 5.32 Å². The van der Waals surface area contributed by atoms with Gasteiger partial charge in [-0.2, -0.15) is 0 Å². The van der Waals surface area contributed by atoms with Gasteiger partial charge in [0.25, 0.3) is 5.91 Å². The van der Waals surface area contributed by atoms with E-state index in [4.69, 9.17) is 0 Å². The van der Waals surface area contributed by atoms with E-state index in [9.17, 15) is 4.79 Å². The quantitative estimate of drug-likeness (QED) is 0.903. The summed E-state index contributed by atoms with van der Waals surface area (Å²) in [6.07, 6.45) is 6.67. The smallest absolute Gasteiger partial charge is 0.253 e. The summed E-state index contributed by atoms with van der Waals surface area (Å²) in [5.41, 5.74) is 2.20. The second-order valence-electron chi connectivity index (χ2n) is 5.79. The Morgan fingerprint density at radius 3 is 2.38 bits per heavy atom. The standard InChI is InChI=1S/C17H26N2O.ClH/c1-18-12-13-19(2)17(20)16-10-8-15(9-11-16)14-6-4-3-5-7-14;/h8-11,14,18H,3-7,12-13H2,1-2H3;1H. The molecule has 1 saturated carbocycles. The first kappa shape index (κ1) is 18.0. The molecule has 1 aromatic carbocycles. The van der Waals surface area contributed by atoms with E-state index in [1.165, 1.54) is 37.7 Å². The average molecular weight is 311 g/mol. The zero-order valence-electron chi connectivity index (χ0n) is 13.1. The number of nitrogens with one attached hydrogen (secondary N) is 1. The van der Waals surface area contributed by atoms with Crippen molar-refractivity contribution in [3.05, 3.63) is 35.4 Å². The molecular formula is C17H27ClN2O. The molecule has 2 rings (SSSR count). The third-order valence-corrected chi connectivity index (χ3v) is 4.28. The topological polar surface area (TPSA) is 32.3 Å². The molecule has 0 spiro atoms. The first-order valence-electron chi connectivity index (χ1n) is 7.72. The van der Waals surface area contributed by atoms with Crippen LogP contribution >= 0.6 is 12.4 Å². The Balaban J connectivity index is 0.00000220. The van der Waals surface area contributed by atoms with Gasteiger partial charge < -0.3 is 10.2 Å². The third kappa shape index (κ3) is 5.01. The summed E-state index contributed by atoms with van der Waals surface area (Å²) in [6.45, 7) is 1.56. The van der Waals surface area contributed by atoms with Crippen molar-refractivity contribution in [1.82, 2.24) is 10.2 Å². The number of likely N-dealkylation sites (N-methyl/N-ethyl adjacent to an activating group) is 2. The Bertz CT molecular complexity index is 427. The van der Waals surface area contributed by atoms with E-state index in [2.05, 4.69) is 17.4 Å². The van der Waals surface area contributed by atoms with Gasteiger partial charge in [0, 0.05) is 25.7 Å². The van der Waals surface area contributed by atoms with Gasteiger partial charge in [-0.3, -0.25) is 4.79 Å². The summed E-state index contributed by atoms with van der Waals surface area (Å²) in [5.74, 6) is 0.811. The molecule has 118 valence electrons. The molecule has 1 amide bonds. The normalized spacial score (nSPS) is 15.3. The van der Waals surface area contributed by atoms with Crippen molar-refractivity contribution in [3.63, 3.8) is 0 Å². The monoisotopic (exact) mass is 310 g/mol. The molecular weight excluding hydrogens is 284 g/mol. The van der Waals surface area contributed by atoms with E-state index >= 15 is 0 Å². The van der Waals surface area contributed by atoms with Crippen LogP contribution in [0.5, 0.6) is 0 Å². The fourth-order valence-electron chi connectivity index (χ4n) is 2.94. The molecule has 0 unspecified atom stereocenters. The highest BCUT2D eigenvalue weighted by Gasteiger charge is 2.16. The minimum Gasteiger partial charge on any atom is -0.340 e. The predicted octanol–water partition coefficient (Wildman–Crippen LogP) is 3.45. The number of rotatable bonds is 5. The van der Waals surface area contributed by atoms with E-state index in [-0.39, 0.29) is 18.3 Å². The molecule has 3 nitrogen and oxygen atoms in total. The summed E-state index contributed by atoms with van der Waals surface area (Å²) in [6, 6.07) is 8.27. The maximum Gasteiger partial charge on any atom is 0.253 e. The van der Waals surface area contributed by atoms with Gasteiger partial charge in [-0.25, -0.2) is 0 Å². The zero-order valence-corrected chi connectivity index (χ0v) is 13.9. The molecule has 0 heterocycles. The Kier molecular flexibility index (Phi) is 7.76. The van der Waals surface area contributed by atoms with Crippen molar-refractivity contribution >= 4 is 18.3 Å². The van der Waals surface area contributed by atoms with E-state index in [1.54, 1.807) is 4.90 Å². The van der Waals surface area contributed by atoms with Gasteiger partial charge in [-0.15, -0.1) is 12.4 Å². The summed E-state index contributed by atoms with van der Waals surface area (Å²) >= 11 is 0. The second-order valence-corrected chi connectivity index (χ2v) is 5.79. The molecule has 0 saturated heterocycles. The number of carbonyl (C=O) groups excluding carboxylic acids is 1. The number of amides is 1. The van der Waals surface area contributed by atoms with Gasteiger partial charge in [0.15, 0.2) is 0 Å². The lowest BCUT2D eigenvalue weighted by molar-refractivity contribution is 0.0797. The van der Waals surface area contributed by atoms with Crippen molar-refractivity contribution in [2.24, 2.45) is 0 Å². The number of hydrogen-bond donors (Lipinski definition) is 1. The Morgan fingerprint density at radius 2 is 1.81 bits per heavy atom. The van der Waals surface area contributed by atoms with Crippen LogP contribution in [0.2, 0.25) is 0 Å². The highest BCUT2D eigenvalue weighted by atomic mass is 35.5. The van der Waals surface area contributed by atoms with Gasteiger partial charge in [-0.1, -0.05) is 31.4 Å². The second kappa shape index (κ2) is 9.06. The SMILES string of the molecule is CNCCN(C)C(=O)c1ccc(C2CCCCC2)cc1.Cl. The summed E-state index contributed by atoms with van der Waals surface area (Å²) in [7, 11) is 3.76. The highest BCUT2D eigenvalue weighted by molar-refractivity contribution is 5.94. The van der Waals surface area contributed by atoms with Crippen LogP contribution in [0, 0.1) is 0 Å². The van der Waals surface area contributed by atoms with E-state index in [0.29, 0.717) is 5.92 Å². The van der Waals surface area contributed by atoms with Crippen LogP contribution in [0.15, 0.2) is 24.3 Å². The highest BCUT2D eigenvalue weighted by Crippen LogP contribution is 2.32. The van der Waals surface area contributed by atoms with E-state index < -0.39 is 0 Å². The van der Waals surface area contributed by atoms with Crippen molar-refractivity contribution in [2.75, 3.05) is 27.2 Å². The maximum atomic E-state index is 12.2. The lowest BCUT2D eigenvalue weighted by atomic mass is 9.84. The van der Waals surface area contributed by atoms with Crippen LogP contribution in [0.1, 0.15) is 53.9 Å². The first-order valence-corrected chi connectivity index (χ1v) is 7.72. The maximum absolute atomic E-state index is 12.2. The molecule has 0 bridgehead atoms. The molecule has 1 aliphatic carbocycles. The van der Waals surface area contributed by atoms with Gasteiger partial charge in [0.1, 0.15) is 0 Å². The molecule has 21 heavy (non-hydrogen) atoms. The van der Waals surface area contributed by atoms with Crippen LogP contribution in [-0.4, -0.2) is 38.0 Å². The Morgan fingerprint density at radius 1 is 1.19 bits per heavy atom. The Labute approximate surface area is 134 Å². The molecule has 0 aromatic heterocycles. The van der Waals surface area contributed by atoms with Crippen molar-refractivity contribution < 1.29 is 4.79 Å². The minimum atomic E-state index is 0. The summed E-state index contributed by atoms with van der Waals surface area (Å²) in [5, 5.41) is 3.06. The van der Waals surface area contributed by atoms with Gasteiger partial charge in [-0.05, 0) is 43.5 Å². The molecule has 1 N–H and O–H groups in total. The third-order valence-electron chi connectivity index (χ3n) is 4.28. The van der Waals surface area contributed by atoms with E-state index in [1.807, 2.05) is 26.2 Å². The lowest BCUT2D eigenvalue weighted by Crippen LogP contribution is -2.32. The zero-order chi connectivity index (χ0) is 14.4. The lowest BCUT2D eigenvalue weighted by Gasteiger charge is -2.22. The number of benzene rings is 1. The molecule has 0 aliphatic heterocycles. The van der Waals surface area contributed by atoms with E-state index in [0.717, 1.165) is 18.7 Å². The van der Waals surface area contributed by atoms with Crippen molar-refractivity contribution in [3.8, 4) is 0 Å². The molecule has 1 fully saturated rings. The largest absolute Gasteiger partial charge is 0.340 e. The summed E-state index contributed by atoms with van der Waals surface area (Å²) < 4.78 is 0. The van der Waals surface area contributed by atoms with Crippen LogP contribution in [0.4, 0.5) is 0 Å². The van der Waals surface area contributed by atoms with Crippen LogP contribution in [0.25, 0.3) is 0 Å². The molecule has 0 atom stereocenters. The summed E-state index contributed by atoms with van der Waals surface area (Å²) in [4.78, 5) is 14.0. The number of hydrogen-bond acceptors (Lipinski definition) is 2. The van der Waals surface area contributed by atoms with Crippen molar-refractivity contribution in [1.29, 1.82) is 0 Å². The average Bonchev–Trinajstić information content (AvgIpc) is 2.53. The molecule has 1 aromatic rings. The molecule has 4 heteroatoms. The van der Waals surface area contributed by atoms with Gasteiger partial charge in [0.05, 0.1) is 0 Å². The fourth-order valence-corrected chi connectivity index (χ4v) is 2.94. The number of halogens is 1. The number of nitrogens with zero attached hydrogens (tertiary/aromatic N) is 1. The molecule has 0 radical (unpaired) electrons. The minimum absolute atomic E-state index is 0. The van der Waals surface area contributed by atoms with Gasteiger partial charge in [0.2, 0.25) is 0 Å². The van der Waals surface area contributed by atoms with Crippen LogP contribution in [-0.2, 0) is 0 Å². The first-order chi connectivity index (χ1) is 9.72. The van der Waals surface area contributed by atoms with Gasteiger partial charge >= 0.3 is 0 Å². The number of carbonyl (C=O) groups is 1. The fraction of sp³-hybridized carbons (Fsp3) is 0.588. The van der Waals surface area contributed by atoms with Crippen molar-refractivity contribution in [2.45, 2.75) is 38.0 Å². The van der Waals surface area contributed by atoms with Crippen LogP contribution in [0.3, 0.4) is 0 Å². The molecule has 1 aliphatic rings.